The number of hydrogen-bond acceptors (Lipinski definition) is 9. The number of hydrogen-bond donors (Lipinski definition) is 4. The summed E-state index contributed by atoms with van der Waals surface area (Å²) >= 11 is 0. The number of nitrogens with zero attached hydrogens (tertiary/aromatic N) is 4. The Labute approximate surface area is 186 Å². The second-order valence-corrected chi connectivity index (χ2v) is 7.01. The van der Waals surface area contributed by atoms with Crippen molar-refractivity contribution < 1.29 is 13.5 Å². The third-order valence-electron chi connectivity index (χ3n) is 4.94. The zero-order valence-corrected chi connectivity index (χ0v) is 16.9. The highest BCUT2D eigenvalue weighted by atomic mass is 19.1. The fourth-order valence-corrected chi connectivity index (χ4v) is 3.37. The number of nitrogens with one attached hydrogen (secondary N) is 2. The van der Waals surface area contributed by atoms with E-state index in [-0.39, 0.29) is 41.2 Å². The van der Waals surface area contributed by atoms with Crippen molar-refractivity contribution in [2.45, 2.75) is 12.6 Å². The summed E-state index contributed by atoms with van der Waals surface area (Å²) in [7, 11) is 0. The number of nitrogens with two attached hydrogens (primary N) is 2. The summed E-state index contributed by atoms with van der Waals surface area (Å²) in [4.78, 5) is 8.67. The van der Waals surface area contributed by atoms with Crippen LogP contribution in [0.1, 0.15) is 28.3 Å². The molecule has 1 aromatic heterocycles. The maximum absolute atomic E-state index is 13.8. The van der Waals surface area contributed by atoms with Gasteiger partial charge in [0.2, 0.25) is 5.96 Å². The molecule has 1 aliphatic heterocycles. The van der Waals surface area contributed by atoms with Crippen LogP contribution in [0.4, 0.5) is 26.1 Å². The summed E-state index contributed by atoms with van der Waals surface area (Å²) in [6.07, 6.45) is 1.78. The molecule has 164 valence electrons. The molecule has 9 nitrogen and oxygen atoms in total. The SMILES string of the molecule is N#CNC1=NC(c2ccc(COc3cc(F)ccc3F)cc2)c2c(nc(N)c(C#N)c2N)N1. The highest BCUT2D eigenvalue weighted by Gasteiger charge is 2.29. The van der Waals surface area contributed by atoms with E-state index in [1.807, 2.05) is 6.07 Å². The van der Waals surface area contributed by atoms with Crippen LogP contribution in [0.25, 0.3) is 0 Å². The Hall–Kier alpha value is -4.90. The molecule has 4 rings (SSSR count). The molecule has 1 unspecified atom stereocenters. The van der Waals surface area contributed by atoms with E-state index in [1.165, 1.54) is 0 Å². The second kappa shape index (κ2) is 8.69. The Kier molecular flexibility index (Phi) is 5.62. The number of nitrogen functional groups attached to an aromatic ring is 2. The zero-order chi connectivity index (χ0) is 23.5. The summed E-state index contributed by atoms with van der Waals surface area (Å²) in [5, 5.41) is 23.6. The number of nitriles is 2. The van der Waals surface area contributed by atoms with Gasteiger partial charge in [0.05, 0.1) is 5.69 Å². The van der Waals surface area contributed by atoms with Crippen molar-refractivity contribution in [2.24, 2.45) is 4.99 Å². The van der Waals surface area contributed by atoms with Crippen molar-refractivity contribution in [1.82, 2.24) is 10.3 Å². The van der Waals surface area contributed by atoms with Crippen molar-refractivity contribution in [3.8, 4) is 18.0 Å². The highest BCUT2D eigenvalue weighted by molar-refractivity contribution is 5.98. The number of ether oxygens (including phenoxy) is 1. The number of aliphatic imine (C=N–C) groups is 1. The Morgan fingerprint density at radius 1 is 1.12 bits per heavy atom. The number of pyridine rings is 1. The number of benzene rings is 2. The number of halogens is 2. The Morgan fingerprint density at radius 3 is 2.58 bits per heavy atom. The molecule has 11 heteroatoms. The molecular formula is C22H16F2N8O. The molecule has 1 aliphatic rings. The van der Waals surface area contributed by atoms with E-state index in [9.17, 15) is 14.0 Å². The standard InChI is InChI=1S/C22H16F2N8O/c23-13-5-6-15(24)16(7-13)33-9-11-1-3-12(4-2-11)19-17-18(27)14(8-25)20(28)31-21(17)32-22(30-19)29-10-26/h1-7,19H,9H2,(H6,27,28,29,30,31,32). The average Bonchev–Trinajstić information content (AvgIpc) is 2.80. The molecule has 3 aromatic rings. The fourth-order valence-electron chi connectivity index (χ4n) is 3.37. The third kappa shape index (κ3) is 4.16. The molecule has 0 saturated carbocycles. The van der Waals surface area contributed by atoms with Crippen LogP contribution in [0.15, 0.2) is 47.5 Å². The van der Waals surface area contributed by atoms with E-state index in [1.54, 1.807) is 30.5 Å². The largest absolute Gasteiger partial charge is 0.486 e. The lowest BCUT2D eigenvalue weighted by Crippen LogP contribution is -2.32. The minimum Gasteiger partial charge on any atom is -0.486 e. The van der Waals surface area contributed by atoms with Gasteiger partial charge in [-0.1, -0.05) is 24.3 Å². The number of aromatic nitrogens is 1. The summed E-state index contributed by atoms with van der Waals surface area (Å²) in [6.45, 7) is 0.00672. The van der Waals surface area contributed by atoms with E-state index in [0.29, 0.717) is 16.7 Å². The van der Waals surface area contributed by atoms with Crippen LogP contribution in [0.2, 0.25) is 0 Å². The van der Waals surface area contributed by atoms with Gasteiger partial charge in [-0.2, -0.15) is 10.5 Å². The molecule has 2 aromatic carbocycles. The van der Waals surface area contributed by atoms with Gasteiger partial charge in [-0.3, -0.25) is 5.32 Å². The molecule has 33 heavy (non-hydrogen) atoms. The van der Waals surface area contributed by atoms with Crippen LogP contribution >= 0.6 is 0 Å². The molecule has 6 N–H and O–H groups in total. The van der Waals surface area contributed by atoms with Crippen molar-refractivity contribution in [1.29, 1.82) is 10.5 Å². The van der Waals surface area contributed by atoms with Gasteiger partial charge in [0.25, 0.3) is 0 Å². The van der Waals surface area contributed by atoms with Gasteiger partial charge < -0.3 is 21.5 Å². The summed E-state index contributed by atoms with van der Waals surface area (Å²) in [5.74, 6) is -1.09. The quantitative estimate of drug-likeness (QED) is 0.352. The first-order valence-electron chi connectivity index (χ1n) is 9.56. The Balaban J connectivity index is 1.65. The lowest BCUT2D eigenvalue weighted by molar-refractivity contribution is 0.288. The van der Waals surface area contributed by atoms with Crippen LogP contribution in [0.3, 0.4) is 0 Å². The second-order valence-electron chi connectivity index (χ2n) is 7.01. The maximum Gasteiger partial charge on any atom is 0.211 e. The van der Waals surface area contributed by atoms with Crippen LogP contribution in [0, 0.1) is 34.4 Å². The van der Waals surface area contributed by atoms with E-state index >= 15 is 0 Å². The molecular weight excluding hydrogens is 430 g/mol. The monoisotopic (exact) mass is 446 g/mol. The minimum atomic E-state index is -0.687. The lowest BCUT2D eigenvalue weighted by Gasteiger charge is -2.26. The minimum absolute atomic E-state index is 0.00672. The number of anilines is 3. The molecule has 0 fully saturated rings. The lowest BCUT2D eigenvalue weighted by atomic mass is 9.94. The van der Waals surface area contributed by atoms with E-state index < -0.39 is 17.7 Å². The summed E-state index contributed by atoms with van der Waals surface area (Å²) in [6, 6.07) is 11.2. The van der Waals surface area contributed by atoms with Crippen LogP contribution < -0.4 is 26.8 Å². The van der Waals surface area contributed by atoms with E-state index in [4.69, 9.17) is 21.5 Å². The molecule has 0 radical (unpaired) electrons. The van der Waals surface area contributed by atoms with Crippen LogP contribution in [-0.4, -0.2) is 10.9 Å². The number of rotatable bonds is 4. The van der Waals surface area contributed by atoms with Crippen LogP contribution in [-0.2, 0) is 6.61 Å². The summed E-state index contributed by atoms with van der Waals surface area (Å²) in [5.41, 5.74) is 14.0. The van der Waals surface area contributed by atoms with Crippen molar-refractivity contribution in [2.75, 3.05) is 16.8 Å². The average molecular weight is 446 g/mol. The van der Waals surface area contributed by atoms with Crippen molar-refractivity contribution in [3.05, 3.63) is 76.4 Å². The molecule has 0 saturated heterocycles. The van der Waals surface area contributed by atoms with Gasteiger partial charge in [-0.05, 0) is 23.3 Å². The van der Waals surface area contributed by atoms with Gasteiger partial charge in [0.1, 0.15) is 41.7 Å². The Bertz CT molecular complexity index is 1340. The molecule has 0 bridgehead atoms. The van der Waals surface area contributed by atoms with Gasteiger partial charge in [0.15, 0.2) is 17.8 Å². The topological polar surface area (TPSA) is 158 Å². The molecule has 1 atom stereocenters. The molecule has 0 spiro atoms. The smallest absolute Gasteiger partial charge is 0.211 e. The molecule has 0 aliphatic carbocycles. The first-order chi connectivity index (χ1) is 15.9. The zero-order valence-electron chi connectivity index (χ0n) is 16.9. The summed E-state index contributed by atoms with van der Waals surface area (Å²) < 4.78 is 32.5. The van der Waals surface area contributed by atoms with Crippen molar-refractivity contribution in [3.63, 3.8) is 0 Å². The maximum atomic E-state index is 13.8. The normalized spacial score (nSPS) is 14.2. The van der Waals surface area contributed by atoms with Gasteiger partial charge in [-0.25, -0.2) is 18.8 Å². The predicted molar refractivity (Wildman–Crippen MR) is 117 cm³/mol. The molecule has 0 amide bonds. The van der Waals surface area contributed by atoms with Crippen LogP contribution in [0.5, 0.6) is 5.75 Å². The van der Waals surface area contributed by atoms with Gasteiger partial charge in [-0.15, -0.1) is 0 Å². The first kappa shape index (κ1) is 21.3. The van der Waals surface area contributed by atoms with Crippen molar-refractivity contribution >= 4 is 23.3 Å². The van der Waals surface area contributed by atoms with E-state index in [0.717, 1.165) is 18.2 Å². The number of guanidine groups is 1. The molecule has 2 heterocycles. The first-order valence-corrected chi connectivity index (χ1v) is 9.56. The van der Waals surface area contributed by atoms with E-state index in [2.05, 4.69) is 20.6 Å². The van der Waals surface area contributed by atoms with Gasteiger partial charge >= 0.3 is 0 Å². The highest BCUT2D eigenvalue weighted by Crippen LogP contribution is 2.40. The number of fused-ring (bicyclic) bond motifs is 1. The Morgan fingerprint density at radius 2 is 1.88 bits per heavy atom. The predicted octanol–water partition coefficient (Wildman–Crippen LogP) is 2.92. The third-order valence-corrected chi connectivity index (χ3v) is 4.94. The fraction of sp³-hybridized carbons (Fsp3) is 0.0909. The van der Waals surface area contributed by atoms with Gasteiger partial charge in [0, 0.05) is 11.6 Å².